The minimum atomic E-state index is 0.537. The quantitative estimate of drug-likeness (QED) is 0.344. The number of benzene rings is 2. The monoisotopic (exact) mass is 423 g/mol. The first-order valence-corrected chi connectivity index (χ1v) is 10.4. The highest BCUT2D eigenvalue weighted by molar-refractivity contribution is 7.10. The van der Waals surface area contributed by atoms with Gasteiger partial charge in [-0.05, 0) is 30.3 Å². The SMILES string of the molecule is ClCCOc1ccccc1.Clc1csc(CNCCOc2ccccc2)c1. The molecule has 2 aromatic carbocycles. The number of hydrogen-bond acceptors (Lipinski definition) is 4. The second-order valence-corrected chi connectivity index (χ2v) is 7.23. The van der Waals surface area contributed by atoms with E-state index in [0.717, 1.165) is 29.6 Å². The van der Waals surface area contributed by atoms with Crippen LogP contribution in [0.3, 0.4) is 0 Å². The molecule has 6 heteroatoms. The first-order valence-electron chi connectivity index (χ1n) is 8.63. The lowest BCUT2D eigenvalue weighted by Gasteiger charge is -2.06. The maximum atomic E-state index is 5.84. The number of nitrogens with one attached hydrogen (secondary N) is 1. The van der Waals surface area contributed by atoms with E-state index in [9.17, 15) is 0 Å². The normalized spacial score (nSPS) is 10.0. The molecule has 3 nitrogen and oxygen atoms in total. The molecule has 144 valence electrons. The number of ether oxygens (including phenoxy) is 2. The molecule has 0 atom stereocenters. The van der Waals surface area contributed by atoms with Crippen LogP contribution >= 0.6 is 34.5 Å². The summed E-state index contributed by atoms with van der Waals surface area (Å²) in [5.74, 6) is 2.33. The molecular formula is C21H23Cl2NO2S. The van der Waals surface area contributed by atoms with Gasteiger partial charge in [-0.1, -0.05) is 48.0 Å². The Hall–Kier alpha value is -1.72. The summed E-state index contributed by atoms with van der Waals surface area (Å²) >= 11 is 12.9. The van der Waals surface area contributed by atoms with E-state index in [0.29, 0.717) is 19.1 Å². The second kappa shape index (κ2) is 13.4. The highest BCUT2D eigenvalue weighted by Crippen LogP contribution is 2.18. The van der Waals surface area contributed by atoms with Crippen LogP contribution in [-0.4, -0.2) is 25.6 Å². The maximum Gasteiger partial charge on any atom is 0.119 e. The van der Waals surface area contributed by atoms with E-state index in [4.69, 9.17) is 32.7 Å². The molecule has 0 aliphatic rings. The van der Waals surface area contributed by atoms with E-state index in [2.05, 4.69) is 5.32 Å². The van der Waals surface area contributed by atoms with Gasteiger partial charge >= 0.3 is 0 Å². The fraction of sp³-hybridized carbons (Fsp3) is 0.238. The van der Waals surface area contributed by atoms with Crippen LogP contribution in [0.1, 0.15) is 4.88 Å². The van der Waals surface area contributed by atoms with E-state index in [1.54, 1.807) is 11.3 Å². The summed E-state index contributed by atoms with van der Waals surface area (Å²) in [5.41, 5.74) is 0. The standard InChI is InChI=1S/C13H14ClNOS.C8H9ClO/c14-11-8-13(17-10-11)9-15-6-7-16-12-4-2-1-3-5-12;9-6-7-10-8-4-2-1-3-5-8/h1-5,8,10,15H,6-7,9H2;1-5H,6-7H2. The van der Waals surface area contributed by atoms with Gasteiger partial charge in [0.2, 0.25) is 0 Å². The number of para-hydroxylation sites is 2. The second-order valence-electron chi connectivity index (χ2n) is 5.42. The van der Waals surface area contributed by atoms with Crippen molar-refractivity contribution in [1.29, 1.82) is 0 Å². The van der Waals surface area contributed by atoms with Gasteiger partial charge in [0.25, 0.3) is 0 Å². The van der Waals surface area contributed by atoms with E-state index in [-0.39, 0.29) is 0 Å². The highest BCUT2D eigenvalue weighted by Gasteiger charge is 1.97. The summed E-state index contributed by atoms with van der Waals surface area (Å²) in [6.45, 7) is 2.91. The van der Waals surface area contributed by atoms with Crippen molar-refractivity contribution >= 4 is 34.5 Å². The predicted molar refractivity (Wildman–Crippen MR) is 116 cm³/mol. The Morgan fingerprint density at radius 2 is 1.44 bits per heavy atom. The zero-order valence-corrected chi connectivity index (χ0v) is 17.3. The van der Waals surface area contributed by atoms with Crippen LogP contribution in [0.25, 0.3) is 0 Å². The molecule has 27 heavy (non-hydrogen) atoms. The van der Waals surface area contributed by atoms with Gasteiger partial charge in [-0.15, -0.1) is 22.9 Å². The molecular weight excluding hydrogens is 401 g/mol. The average molecular weight is 424 g/mol. The van der Waals surface area contributed by atoms with Gasteiger partial charge in [-0.3, -0.25) is 0 Å². The first-order chi connectivity index (χ1) is 13.3. The highest BCUT2D eigenvalue weighted by atomic mass is 35.5. The molecule has 3 aromatic rings. The Kier molecular flexibility index (Phi) is 10.7. The van der Waals surface area contributed by atoms with Crippen molar-refractivity contribution in [2.24, 2.45) is 0 Å². The molecule has 0 amide bonds. The Morgan fingerprint density at radius 1 is 0.852 bits per heavy atom. The van der Waals surface area contributed by atoms with E-state index >= 15 is 0 Å². The molecule has 1 aromatic heterocycles. The third-order valence-corrected chi connectivity index (χ3v) is 4.74. The summed E-state index contributed by atoms with van der Waals surface area (Å²) < 4.78 is 10.8. The third-order valence-electron chi connectivity index (χ3n) is 3.30. The largest absolute Gasteiger partial charge is 0.492 e. The molecule has 0 unspecified atom stereocenters. The zero-order valence-electron chi connectivity index (χ0n) is 14.9. The number of alkyl halides is 1. The number of thiophene rings is 1. The van der Waals surface area contributed by atoms with E-state index in [1.807, 2.05) is 72.1 Å². The van der Waals surface area contributed by atoms with Gasteiger partial charge in [0.1, 0.15) is 24.7 Å². The molecule has 0 radical (unpaired) electrons. The van der Waals surface area contributed by atoms with Crippen LogP contribution < -0.4 is 14.8 Å². The maximum absolute atomic E-state index is 5.84. The summed E-state index contributed by atoms with van der Waals surface area (Å²) in [6, 6.07) is 21.5. The molecule has 0 bridgehead atoms. The summed E-state index contributed by atoms with van der Waals surface area (Å²) in [7, 11) is 0. The van der Waals surface area contributed by atoms with Crippen molar-refractivity contribution in [2.75, 3.05) is 25.6 Å². The van der Waals surface area contributed by atoms with Gasteiger partial charge in [-0.2, -0.15) is 0 Å². The topological polar surface area (TPSA) is 30.5 Å². The Labute approximate surface area is 174 Å². The van der Waals surface area contributed by atoms with Crippen molar-refractivity contribution in [3.8, 4) is 11.5 Å². The summed E-state index contributed by atoms with van der Waals surface area (Å²) in [5, 5.41) is 6.07. The molecule has 0 fully saturated rings. The smallest absolute Gasteiger partial charge is 0.119 e. The van der Waals surface area contributed by atoms with Crippen LogP contribution in [-0.2, 0) is 6.54 Å². The van der Waals surface area contributed by atoms with Gasteiger partial charge in [0, 0.05) is 23.3 Å². The number of halogens is 2. The van der Waals surface area contributed by atoms with E-state index in [1.165, 1.54) is 4.88 Å². The molecule has 0 spiro atoms. The Balaban J connectivity index is 0.000000223. The van der Waals surface area contributed by atoms with Gasteiger partial charge in [-0.25, -0.2) is 0 Å². The van der Waals surface area contributed by atoms with Crippen molar-refractivity contribution in [3.63, 3.8) is 0 Å². The first kappa shape index (κ1) is 21.6. The third kappa shape index (κ3) is 9.68. The Morgan fingerprint density at radius 3 is 1.96 bits per heavy atom. The fourth-order valence-corrected chi connectivity index (χ4v) is 3.21. The Bertz CT molecular complexity index is 738. The van der Waals surface area contributed by atoms with Crippen LogP contribution in [0, 0.1) is 0 Å². The lowest BCUT2D eigenvalue weighted by atomic mass is 10.3. The van der Waals surface area contributed by atoms with Crippen LogP contribution in [0.15, 0.2) is 72.1 Å². The molecule has 3 rings (SSSR count). The summed E-state index contributed by atoms with van der Waals surface area (Å²) in [4.78, 5) is 1.25. The predicted octanol–water partition coefficient (Wildman–Crippen LogP) is 5.87. The van der Waals surface area contributed by atoms with Gasteiger partial charge < -0.3 is 14.8 Å². The minimum Gasteiger partial charge on any atom is -0.492 e. The molecule has 0 saturated heterocycles. The zero-order chi connectivity index (χ0) is 19.2. The molecule has 0 aliphatic heterocycles. The van der Waals surface area contributed by atoms with Crippen molar-refractivity contribution in [1.82, 2.24) is 5.32 Å². The van der Waals surface area contributed by atoms with Crippen LogP contribution in [0.4, 0.5) is 0 Å². The average Bonchev–Trinajstić information content (AvgIpc) is 3.13. The number of hydrogen-bond donors (Lipinski definition) is 1. The molecule has 1 heterocycles. The van der Waals surface area contributed by atoms with Crippen molar-refractivity contribution in [2.45, 2.75) is 6.54 Å². The van der Waals surface area contributed by atoms with Crippen molar-refractivity contribution < 1.29 is 9.47 Å². The fourth-order valence-electron chi connectivity index (χ4n) is 2.09. The lowest BCUT2D eigenvalue weighted by molar-refractivity contribution is 0.314. The summed E-state index contributed by atoms with van der Waals surface area (Å²) in [6.07, 6.45) is 0. The van der Waals surface area contributed by atoms with Gasteiger partial charge in [0.05, 0.1) is 10.9 Å². The minimum absolute atomic E-state index is 0.537. The molecule has 0 saturated carbocycles. The van der Waals surface area contributed by atoms with E-state index < -0.39 is 0 Å². The van der Waals surface area contributed by atoms with Crippen LogP contribution in [0.2, 0.25) is 5.02 Å². The van der Waals surface area contributed by atoms with Crippen LogP contribution in [0.5, 0.6) is 11.5 Å². The van der Waals surface area contributed by atoms with Crippen molar-refractivity contribution in [3.05, 3.63) is 82.0 Å². The number of rotatable bonds is 9. The lowest BCUT2D eigenvalue weighted by Crippen LogP contribution is -2.20. The molecule has 0 aliphatic carbocycles. The molecule has 1 N–H and O–H groups in total. The van der Waals surface area contributed by atoms with Gasteiger partial charge in [0.15, 0.2) is 0 Å².